The van der Waals surface area contributed by atoms with E-state index in [2.05, 4.69) is 5.32 Å². The Morgan fingerprint density at radius 1 is 1.25 bits per heavy atom. The minimum absolute atomic E-state index is 0.0959. The maximum Gasteiger partial charge on any atom is 0.243 e. The summed E-state index contributed by atoms with van der Waals surface area (Å²) in [5.74, 6) is 0.613. The van der Waals surface area contributed by atoms with Crippen LogP contribution in [0.3, 0.4) is 0 Å². The van der Waals surface area contributed by atoms with Gasteiger partial charge in [-0.15, -0.1) is 0 Å². The maximum atomic E-state index is 13.2. The van der Waals surface area contributed by atoms with E-state index in [1.165, 1.54) is 16.4 Å². The van der Waals surface area contributed by atoms with Crippen LogP contribution in [0, 0.1) is 5.92 Å². The normalized spacial score (nSPS) is 18.1. The predicted molar refractivity (Wildman–Crippen MR) is 124 cm³/mol. The molecule has 1 aliphatic heterocycles. The van der Waals surface area contributed by atoms with Crippen LogP contribution in [-0.2, 0) is 14.8 Å². The number of amides is 1. The Morgan fingerprint density at radius 2 is 1.97 bits per heavy atom. The van der Waals surface area contributed by atoms with Crippen molar-refractivity contribution < 1.29 is 22.7 Å². The zero-order valence-corrected chi connectivity index (χ0v) is 20.1. The molecule has 1 heterocycles. The monoisotopic (exact) mass is 480 g/mol. The van der Waals surface area contributed by atoms with E-state index in [4.69, 9.17) is 21.1 Å². The van der Waals surface area contributed by atoms with Crippen LogP contribution >= 0.6 is 11.6 Å². The van der Waals surface area contributed by atoms with Crippen molar-refractivity contribution in [3.8, 4) is 11.5 Å². The summed E-state index contributed by atoms with van der Waals surface area (Å²) in [5, 5.41) is 3.25. The number of carbonyl (C=O) groups is 1. The molecule has 1 saturated heterocycles. The zero-order chi connectivity index (χ0) is 23.3. The number of halogens is 1. The van der Waals surface area contributed by atoms with Crippen LogP contribution in [0.15, 0.2) is 47.4 Å². The highest BCUT2D eigenvalue weighted by molar-refractivity contribution is 7.89. The van der Waals surface area contributed by atoms with E-state index in [1.54, 1.807) is 13.2 Å². The lowest BCUT2D eigenvalue weighted by molar-refractivity contribution is -0.126. The Labute approximate surface area is 194 Å². The summed E-state index contributed by atoms with van der Waals surface area (Å²) in [6.07, 6.45) is 1.25. The molecule has 1 fully saturated rings. The molecular weight excluding hydrogens is 452 g/mol. The smallest absolute Gasteiger partial charge is 0.243 e. The number of piperidine rings is 1. The SMILES string of the molecule is CCOc1ccc(S(=O)(=O)N2CCCC(C(=O)NC(C)c3ccc(OC)cc3)C2)cc1Cl. The van der Waals surface area contributed by atoms with Gasteiger partial charge in [-0.2, -0.15) is 4.31 Å². The van der Waals surface area contributed by atoms with Crippen LogP contribution in [0.25, 0.3) is 0 Å². The molecule has 0 aliphatic carbocycles. The quantitative estimate of drug-likeness (QED) is 0.616. The second-order valence-corrected chi connectivity index (χ2v) is 10.1. The van der Waals surface area contributed by atoms with E-state index < -0.39 is 15.9 Å². The van der Waals surface area contributed by atoms with Gasteiger partial charge in [0.25, 0.3) is 0 Å². The van der Waals surface area contributed by atoms with Gasteiger partial charge in [0.1, 0.15) is 11.5 Å². The van der Waals surface area contributed by atoms with Crippen LogP contribution in [-0.4, -0.2) is 45.4 Å². The number of carbonyl (C=O) groups excluding carboxylic acids is 1. The molecule has 7 nitrogen and oxygen atoms in total. The van der Waals surface area contributed by atoms with Crippen molar-refractivity contribution in [1.29, 1.82) is 0 Å². The molecule has 2 aromatic rings. The van der Waals surface area contributed by atoms with Crippen LogP contribution in [0.5, 0.6) is 11.5 Å². The first-order valence-electron chi connectivity index (χ1n) is 10.6. The molecule has 2 unspecified atom stereocenters. The molecule has 1 N–H and O–H groups in total. The van der Waals surface area contributed by atoms with Crippen LogP contribution in [0.1, 0.15) is 38.3 Å². The van der Waals surface area contributed by atoms with Crippen molar-refractivity contribution in [3.63, 3.8) is 0 Å². The molecular formula is C23H29ClN2O5S. The lowest BCUT2D eigenvalue weighted by Crippen LogP contribution is -2.45. The van der Waals surface area contributed by atoms with E-state index in [1.807, 2.05) is 38.1 Å². The number of hydrogen-bond acceptors (Lipinski definition) is 5. The molecule has 1 amide bonds. The molecule has 9 heteroatoms. The fraction of sp³-hybridized carbons (Fsp3) is 0.435. The fourth-order valence-electron chi connectivity index (χ4n) is 3.75. The third-order valence-electron chi connectivity index (χ3n) is 5.57. The number of rotatable bonds is 8. The van der Waals surface area contributed by atoms with E-state index in [0.717, 1.165) is 11.3 Å². The summed E-state index contributed by atoms with van der Waals surface area (Å²) in [7, 11) is -2.17. The van der Waals surface area contributed by atoms with Crippen molar-refractivity contribution >= 4 is 27.5 Å². The highest BCUT2D eigenvalue weighted by Crippen LogP contribution is 2.30. The van der Waals surface area contributed by atoms with Gasteiger partial charge in [0.15, 0.2) is 0 Å². The average molecular weight is 481 g/mol. The van der Waals surface area contributed by atoms with Gasteiger partial charge >= 0.3 is 0 Å². The Hall–Kier alpha value is -2.29. The number of methoxy groups -OCH3 is 1. The van der Waals surface area contributed by atoms with Crippen molar-refractivity contribution in [2.45, 2.75) is 37.6 Å². The molecule has 0 saturated carbocycles. The Bertz CT molecular complexity index is 1040. The lowest BCUT2D eigenvalue weighted by atomic mass is 9.98. The minimum Gasteiger partial charge on any atom is -0.497 e. The van der Waals surface area contributed by atoms with Crippen molar-refractivity contribution in [2.24, 2.45) is 5.92 Å². The second kappa shape index (κ2) is 10.6. The van der Waals surface area contributed by atoms with E-state index in [0.29, 0.717) is 31.7 Å². The second-order valence-electron chi connectivity index (χ2n) is 7.73. The van der Waals surface area contributed by atoms with Gasteiger partial charge in [0.05, 0.1) is 35.6 Å². The number of sulfonamides is 1. The highest BCUT2D eigenvalue weighted by atomic mass is 35.5. The predicted octanol–water partition coefficient (Wildman–Crippen LogP) is 4.03. The average Bonchev–Trinajstić information content (AvgIpc) is 2.80. The Morgan fingerprint density at radius 3 is 2.59 bits per heavy atom. The molecule has 1 aliphatic rings. The Kier molecular flexibility index (Phi) is 8.03. The third-order valence-corrected chi connectivity index (χ3v) is 7.73. The summed E-state index contributed by atoms with van der Waals surface area (Å²) in [6, 6.07) is 11.7. The van der Waals surface area contributed by atoms with Crippen LogP contribution < -0.4 is 14.8 Å². The summed E-state index contributed by atoms with van der Waals surface area (Å²) in [6.45, 7) is 4.66. The first-order chi connectivity index (χ1) is 15.3. The van der Waals surface area contributed by atoms with Gasteiger partial charge in [0.2, 0.25) is 15.9 Å². The van der Waals surface area contributed by atoms with Crippen molar-refractivity contribution in [3.05, 3.63) is 53.1 Å². The molecule has 174 valence electrons. The molecule has 2 atom stereocenters. The molecule has 0 aromatic heterocycles. The number of nitrogens with zero attached hydrogens (tertiary/aromatic N) is 1. The molecule has 2 aromatic carbocycles. The van der Waals surface area contributed by atoms with E-state index >= 15 is 0 Å². The Balaban J connectivity index is 1.68. The number of benzene rings is 2. The van der Waals surface area contributed by atoms with Gasteiger partial charge in [-0.1, -0.05) is 23.7 Å². The number of hydrogen-bond donors (Lipinski definition) is 1. The van der Waals surface area contributed by atoms with E-state index in [-0.39, 0.29) is 28.4 Å². The van der Waals surface area contributed by atoms with Gasteiger partial charge in [-0.25, -0.2) is 8.42 Å². The van der Waals surface area contributed by atoms with Crippen LogP contribution in [0.2, 0.25) is 5.02 Å². The van der Waals surface area contributed by atoms with Gasteiger partial charge in [0, 0.05) is 13.1 Å². The highest BCUT2D eigenvalue weighted by Gasteiger charge is 2.34. The lowest BCUT2D eigenvalue weighted by Gasteiger charge is -2.32. The van der Waals surface area contributed by atoms with Crippen molar-refractivity contribution in [2.75, 3.05) is 26.8 Å². The topological polar surface area (TPSA) is 84.9 Å². The zero-order valence-electron chi connectivity index (χ0n) is 18.5. The van der Waals surface area contributed by atoms with E-state index in [9.17, 15) is 13.2 Å². The maximum absolute atomic E-state index is 13.2. The molecule has 32 heavy (non-hydrogen) atoms. The molecule has 0 spiro atoms. The fourth-order valence-corrected chi connectivity index (χ4v) is 5.60. The summed E-state index contributed by atoms with van der Waals surface area (Å²) in [4.78, 5) is 13.0. The number of nitrogens with one attached hydrogen (secondary N) is 1. The molecule has 3 rings (SSSR count). The van der Waals surface area contributed by atoms with Gasteiger partial charge in [-0.3, -0.25) is 4.79 Å². The molecule has 0 bridgehead atoms. The largest absolute Gasteiger partial charge is 0.497 e. The first kappa shape index (κ1) is 24.4. The van der Waals surface area contributed by atoms with Gasteiger partial charge in [-0.05, 0) is 62.6 Å². The van der Waals surface area contributed by atoms with Gasteiger partial charge < -0.3 is 14.8 Å². The summed E-state index contributed by atoms with van der Waals surface area (Å²) in [5.41, 5.74) is 0.948. The molecule has 0 radical (unpaired) electrons. The third kappa shape index (κ3) is 5.54. The minimum atomic E-state index is -3.77. The number of ether oxygens (including phenoxy) is 2. The van der Waals surface area contributed by atoms with Crippen molar-refractivity contribution in [1.82, 2.24) is 9.62 Å². The first-order valence-corrected chi connectivity index (χ1v) is 12.4. The standard InChI is InChI=1S/C23H29ClN2O5S/c1-4-31-22-12-11-20(14-21(22)24)32(28,29)26-13-5-6-18(15-26)23(27)25-16(2)17-7-9-19(30-3)10-8-17/h7-12,14,16,18H,4-6,13,15H2,1-3H3,(H,25,27). The van der Waals surface area contributed by atoms with Crippen LogP contribution in [0.4, 0.5) is 0 Å². The summed E-state index contributed by atoms with van der Waals surface area (Å²) >= 11 is 6.19. The summed E-state index contributed by atoms with van der Waals surface area (Å²) < 4.78 is 38.2.